The number of nitrogens with one attached hydrogen (secondary N) is 2. The van der Waals surface area contributed by atoms with Crippen molar-refractivity contribution in [2.24, 2.45) is 12.9 Å². The number of nitrogens with zero attached hydrogens (tertiary/aromatic N) is 4. The Balaban J connectivity index is 1.96. The maximum absolute atomic E-state index is 5.52. The Morgan fingerprint density at radius 3 is 2.63 bits per heavy atom. The number of anilines is 3. The largest absolute Gasteiger partial charge is 0.323 e. The molecule has 2 aromatic rings. The van der Waals surface area contributed by atoms with Gasteiger partial charge in [0.2, 0.25) is 0 Å². The first-order valence-corrected chi connectivity index (χ1v) is 6.29. The summed E-state index contributed by atoms with van der Waals surface area (Å²) < 4.78 is 1.74. The summed E-state index contributed by atoms with van der Waals surface area (Å²) in [4.78, 5) is 9.03. The second kappa shape index (κ2) is 4.51. The van der Waals surface area contributed by atoms with E-state index in [1.54, 1.807) is 4.68 Å². The summed E-state index contributed by atoms with van der Waals surface area (Å²) in [5.41, 5.74) is 3.52. The fraction of sp³-hybridized carbons (Fsp3) is 0.417. The second-order valence-electron chi connectivity index (χ2n) is 4.82. The second-order valence-corrected chi connectivity index (χ2v) is 4.82. The van der Waals surface area contributed by atoms with E-state index in [1.807, 2.05) is 26.2 Å². The van der Waals surface area contributed by atoms with Gasteiger partial charge in [0, 0.05) is 30.8 Å². The molecule has 1 aliphatic carbocycles. The van der Waals surface area contributed by atoms with Gasteiger partial charge in [0.15, 0.2) is 5.82 Å². The molecule has 7 nitrogen and oxygen atoms in total. The predicted octanol–water partition coefficient (Wildman–Crippen LogP) is 1.43. The lowest BCUT2D eigenvalue weighted by atomic mass is 10.3. The van der Waals surface area contributed by atoms with Crippen molar-refractivity contribution in [2.75, 3.05) is 10.7 Å². The SMILES string of the molecule is Cc1c(NN)nc(C2CC2)nc1Nc1ccn(C)n1. The van der Waals surface area contributed by atoms with Crippen molar-refractivity contribution in [2.45, 2.75) is 25.7 Å². The molecule has 0 amide bonds. The highest BCUT2D eigenvalue weighted by atomic mass is 15.3. The van der Waals surface area contributed by atoms with Crippen LogP contribution in [0.25, 0.3) is 0 Å². The number of hydrazine groups is 1. The molecular formula is C12H17N7. The third-order valence-corrected chi connectivity index (χ3v) is 3.20. The van der Waals surface area contributed by atoms with Gasteiger partial charge in [-0.15, -0.1) is 0 Å². The van der Waals surface area contributed by atoms with Crippen LogP contribution in [0.4, 0.5) is 17.5 Å². The fourth-order valence-electron chi connectivity index (χ4n) is 1.92. The zero-order valence-electron chi connectivity index (χ0n) is 11.0. The molecule has 0 aromatic carbocycles. The fourth-order valence-corrected chi connectivity index (χ4v) is 1.92. The standard InChI is InChI=1S/C12H17N7/c1-7-10(14-9-5-6-19(2)18-9)15-12(8-3-4-8)16-11(7)17-13/h5-6,8H,3-4,13H2,1-2H3,(H2,14,15,16,17,18). The molecule has 3 rings (SSSR count). The Labute approximate surface area is 111 Å². The molecular weight excluding hydrogens is 242 g/mol. The Morgan fingerprint density at radius 2 is 2.05 bits per heavy atom. The molecule has 4 N–H and O–H groups in total. The van der Waals surface area contributed by atoms with E-state index in [2.05, 4.69) is 25.8 Å². The summed E-state index contributed by atoms with van der Waals surface area (Å²) in [6.45, 7) is 1.93. The zero-order valence-corrected chi connectivity index (χ0v) is 11.0. The lowest BCUT2D eigenvalue weighted by molar-refractivity contribution is 0.770. The Bertz CT molecular complexity index is 600. The van der Waals surface area contributed by atoms with E-state index in [9.17, 15) is 0 Å². The quantitative estimate of drug-likeness (QED) is 0.568. The monoisotopic (exact) mass is 259 g/mol. The third kappa shape index (κ3) is 2.37. The molecule has 100 valence electrons. The van der Waals surface area contributed by atoms with E-state index in [1.165, 1.54) is 0 Å². The molecule has 0 unspecified atom stereocenters. The Kier molecular flexibility index (Phi) is 2.83. The molecule has 19 heavy (non-hydrogen) atoms. The number of nitrogen functional groups attached to an aromatic ring is 1. The molecule has 1 aliphatic rings. The number of hydrogen-bond donors (Lipinski definition) is 3. The Hall–Kier alpha value is -2.15. The van der Waals surface area contributed by atoms with Crippen LogP contribution in [0.5, 0.6) is 0 Å². The molecule has 0 aliphatic heterocycles. The van der Waals surface area contributed by atoms with Crippen LogP contribution in [0.2, 0.25) is 0 Å². The average Bonchev–Trinajstić information content (AvgIpc) is 3.16. The van der Waals surface area contributed by atoms with Gasteiger partial charge in [0.25, 0.3) is 0 Å². The summed E-state index contributed by atoms with van der Waals surface area (Å²) in [6, 6.07) is 1.90. The van der Waals surface area contributed by atoms with Gasteiger partial charge in [0.1, 0.15) is 17.5 Å². The van der Waals surface area contributed by atoms with Crippen LogP contribution in [0, 0.1) is 6.92 Å². The molecule has 0 saturated heterocycles. The summed E-state index contributed by atoms with van der Waals surface area (Å²) >= 11 is 0. The highest BCUT2D eigenvalue weighted by Crippen LogP contribution is 2.39. The molecule has 0 atom stereocenters. The van der Waals surface area contributed by atoms with Crippen molar-refractivity contribution in [3.63, 3.8) is 0 Å². The van der Waals surface area contributed by atoms with Gasteiger partial charge in [-0.25, -0.2) is 15.8 Å². The smallest absolute Gasteiger partial charge is 0.153 e. The molecule has 0 spiro atoms. The summed E-state index contributed by atoms with van der Waals surface area (Å²) in [5, 5.41) is 7.50. The van der Waals surface area contributed by atoms with Crippen molar-refractivity contribution < 1.29 is 0 Å². The van der Waals surface area contributed by atoms with E-state index in [0.717, 1.165) is 35.9 Å². The minimum atomic E-state index is 0.469. The van der Waals surface area contributed by atoms with Crippen LogP contribution in [-0.4, -0.2) is 19.7 Å². The van der Waals surface area contributed by atoms with Crippen LogP contribution in [0.15, 0.2) is 12.3 Å². The summed E-state index contributed by atoms with van der Waals surface area (Å²) in [5.74, 6) is 9.01. The van der Waals surface area contributed by atoms with Crippen LogP contribution >= 0.6 is 0 Å². The van der Waals surface area contributed by atoms with Crippen LogP contribution in [-0.2, 0) is 7.05 Å². The number of rotatable bonds is 4. The number of aryl methyl sites for hydroxylation is 1. The number of nitrogens with two attached hydrogens (primary N) is 1. The highest BCUT2D eigenvalue weighted by molar-refractivity contribution is 5.62. The number of aromatic nitrogens is 4. The normalized spacial score (nSPS) is 14.5. The van der Waals surface area contributed by atoms with Gasteiger partial charge in [-0.3, -0.25) is 4.68 Å². The van der Waals surface area contributed by atoms with E-state index in [4.69, 9.17) is 5.84 Å². The molecule has 2 heterocycles. The van der Waals surface area contributed by atoms with Crippen molar-refractivity contribution in [1.29, 1.82) is 0 Å². The van der Waals surface area contributed by atoms with E-state index in [-0.39, 0.29) is 0 Å². The molecule has 0 radical (unpaired) electrons. The highest BCUT2D eigenvalue weighted by Gasteiger charge is 2.28. The summed E-state index contributed by atoms with van der Waals surface area (Å²) in [7, 11) is 1.88. The van der Waals surface area contributed by atoms with Crippen LogP contribution in [0.3, 0.4) is 0 Å². The minimum Gasteiger partial charge on any atom is -0.323 e. The lowest BCUT2D eigenvalue weighted by Gasteiger charge is -2.12. The van der Waals surface area contributed by atoms with E-state index in [0.29, 0.717) is 11.7 Å². The molecule has 1 fully saturated rings. The van der Waals surface area contributed by atoms with Gasteiger partial charge in [0.05, 0.1) is 0 Å². The van der Waals surface area contributed by atoms with Gasteiger partial charge >= 0.3 is 0 Å². The van der Waals surface area contributed by atoms with Gasteiger partial charge in [-0.1, -0.05) is 0 Å². The maximum atomic E-state index is 5.52. The molecule has 1 saturated carbocycles. The minimum absolute atomic E-state index is 0.469. The third-order valence-electron chi connectivity index (χ3n) is 3.20. The van der Waals surface area contributed by atoms with Crippen LogP contribution < -0.4 is 16.6 Å². The first-order valence-electron chi connectivity index (χ1n) is 6.29. The van der Waals surface area contributed by atoms with Crippen molar-refractivity contribution in [3.8, 4) is 0 Å². The first kappa shape index (κ1) is 11.9. The van der Waals surface area contributed by atoms with E-state index < -0.39 is 0 Å². The number of hydrogen-bond acceptors (Lipinski definition) is 6. The molecule has 2 aromatic heterocycles. The Morgan fingerprint density at radius 1 is 1.32 bits per heavy atom. The van der Waals surface area contributed by atoms with Crippen molar-refractivity contribution in [1.82, 2.24) is 19.7 Å². The maximum Gasteiger partial charge on any atom is 0.153 e. The predicted molar refractivity (Wildman–Crippen MR) is 73.0 cm³/mol. The zero-order chi connectivity index (χ0) is 13.4. The van der Waals surface area contributed by atoms with Crippen molar-refractivity contribution >= 4 is 17.5 Å². The lowest BCUT2D eigenvalue weighted by Crippen LogP contribution is -2.14. The molecule has 7 heteroatoms. The molecule has 0 bridgehead atoms. The topological polar surface area (TPSA) is 93.7 Å². The van der Waals surface area contributed by atoms with Gasteiger partial charge in [-0.05, 0) is 19.8 Å². The van der Waals surface area contributed by atoms with Gasteiger partial charge < -0.3 is 10.7 Å². The van der Waals surface area contributed by atoms with E-state index >= 15 is 0 Å². The van der Waals surface area contributed by atoms with Gasteiger partial charge in [-0.2, -0.15) is 5.10 Å². The van der Waals surface area contributed by atoms with Crippen molar-refractivity contribution in [3.05, 3.63) is 23.7 Å². The van der Waals surface area contributed by atoms with Crippen LogP contribution in [0.1, 0.15) is 30.1 Å². The summed E-state index contributed by atoms with van der Waals surface area (Å²) in [6.07, 6.45) is 4.18. The first-order chi connectivity index (χ1) is 9.17. The average molecular weight is 259 g/mol.